The van der Waals surface area contributed by atoms with Crippen LogP contribution < -0.4 is 0 Å². The van der Waals surface area contributed by atoms with Crippen LogP contribution in [0.2, 0.25) is 10.6 Å². The molecule has 0 unspecified atom stereocenters. The molecule has 2 atom stereocenters. The molecule has 1 saturated heterocycles. The van der Waals surface area contributed by atoms with Gasteiger partial charge < -0.3 is 8.63 Å². The number of hydroxylamine groups is 2. The minimum Gasteiger partial charge on any atom is -0.422 e. The van der Waals surface area contributed by atoms with Gasteiger partial charge in [-0.25, -0.2) is 5.06 Å². The molecule has 0 aromatic heterocycles. The third-order valence-corrected chi connectivity index (χ3v) is 5.52. The van der Waals surface area contributed by atoms with Gasteiger partial charge in [-0.2, -0.15) is 5.26 Å². The molecule has 18 heavy (non-hydrogen) atoms. The molecule has 0 aromatic rings. The van der Waals surface area contributed by atoms with Crippen LogP contribution in [0.1, 0.15) is 41.0 Å². The lowest BCUT2D eigenvalue weighted by Crippen LogP contribution is -2.41. The highest BCUT2D eigenvalue weighted by molar-refractivity contribution is 6.51. The van der Waals surface area contributed by atoms with E-state index in [1.807, 2.05) is 25.8 Å². The van der Waals surface area contributed by atoms with Gasteiger partial charge >= 0.3 is 14.5 Å². The van der Waals surface area contributed by atoms with Crippen molar-refractivity contribution in [2.24, 2.45) is 0 Å². The van der Waals surface area contributed by atoms with Crippen LogP contribution >= 0.6 is 0 Å². The average molecular weight is 268 g/mol. The lowest BCUT2D eigenvalue weighted by molar-refractivity contribution is -0.108. The molecule has 0 bridgehead atoms. The summed E-state index contributed by atoms with van der Waals surface area (Å²) in [7, 11) is 0. The summed E-state index contributed by atoms with van der Waals surface area (Å²) in [5.74, 6) is 0. The van der Waals surface area contributed by atoms with E-state index in [1.165, 1.54) is 0 Å². The van der Waals surface area contributed by atoms with Crippen molar-refractivity contribution in [3.8, 4) is 6.07 Å². The molecule has 1 aliphatic rings. The summed E-state index contributed by atoms with van der Waals surface area (Å²) in [5, 5.41) is 13.4. The number of nitrogens with zero attached hydrogens (tertiary/aromatic N) is 2. The molecule has 0 saturated carbocycles. The Hall–Kier alpha value is -0.0975. The third-order valence-electron chi connectivity index (χ3n) is 3.13. The summed E-state index contributed by atoms with van der Waals surface area (Å²) >= 11 is -1.16. The Bertz CT molecular complexity index is 294. The van der Waals surface area contributed by atoms with Crippen molar-refractivity contribution in [3.63, 3.8) is 0 Å². The van der Waals surface area contributed by atoms with Crippen LogP contribution in [0.4, 0.5) is 0 Å². The monoisotopic (exact) mass is 268 g/mol. The maximum Gasteiger partial charge on any atom is 0.486 e. The molecule has 0 amide bonds. The zero-order valence-electron chi connectivity index (χ0n) is 12.3. The van der Waals surface area contributed by atoms with Gasteiger partial charge in [-0.05, 0) is 27.2 Å². The fraction of sp³-hybridized carbons (Fsp3) is 0.923. The van der Waals surface area contributed by atoms with Gasteiger partial charge in [0.15, 0.2) is 0 Å². The Kier molecular flexibility index (Phi) is 6.11. The first-order chi connectivity index (χ1) is 8.41. The number of nitriles is 1. The Balaban J connectivity index is 2.60. The largest absolute Gasteiger partial charge is 0.486 e. The summed E-state index contributed by atoms with van der Waals surface area (Å²) in [6.45, 7) is 11.2. The van der Waals surface area contributed by atoms with Crippen molar-refractivity contribution in [3.05, 3.63) is 0 Å². The second kappa shape index (κ2) is 6.89. The molecule has 4 nitrogen and oxygen atoms in total. The van der Waals surface area contributed by atoms with Crippen LogP contribution in [-0.2, 0) is 8.63 Å². The number of rotatable bonds is 5. The fourth-order valence-corrected chi connectivity index (χ4v) is 3.70. The highest BCUT2D eigenvalue weighted by Gasteiger charge is 2.39. The van der Waals surface area contributed by atoms with E-state index in [4.69, 9.17) is 8.63 Å². The van der Waals surface area contributed by atoms with E-state index in [9.17, 15) is 5.26 Å². The van der Waals surface area contributed by atoms with Gasteiger partial charge in [-0.15, -0.1) is 0 Å². The van der Waals surface area contributed by atoms with E-state index >= 15 is 0 Å². The molecular formula is C13H25AlN2O2. The highest BCUT2D eigenvalue weighted by Crippen LogP contribution is 2.26. The van der Waals surface area contributed by atoms with Gasteiger partial charge in [-0.1, -0.05) is 24.4 Å². The number of ether oxygens (including phenoxy) is 1. The molecule has 102 valence electrons. The third kappa shape index (κ3) is 4.54. The van der Waals surface area contributed by atoms with Crippen molar-refractivity contribution in [2.75, 3.05) is 6.54 Å². The summed E-state index contributed by atoms with van der Waals surface area (Å²) in [6, 6.07) is 2.09. The molecule has 1 aliphatic heterocycles. The Morgan fingerprint density at radius 3 is 2.39 bits per heavy atom. The molecule has 1 fully saturated rings. The van der Waals surface area contributed by atoms with Gasteiger partial charge in [0.1, 0.15) is 6.04 Å². The molecule has 0 N–H and O–H groups in total. The molecular weight excluding hydrogens is 243 g/mol. The standard InChI is InChI=1S/C9H15N2O2.2C2H5.Al/c1-9(2,3)13-8-4-5-11(12)7(8)6-10;2*1-2;/h7-8H,4-5H2,1-3H3;2*1H2,2H3;/q-1;;;+1/t7-,8+;;;/m1.../s1. The molecule has 0 radical (unpaired) electrons. The van der Waals surface area contributed by atoms with Crippen LogP contribution in [0.5, 0.6) is 0 Å². The first-order valence-electron chi connectivity index (χ1n) is 6.92. The van der Waals surface area contributed by atoms with Gasteiger partial charge in [-0.3, -0.25) is 0 Å². The first kappa shape index (κ1) is 16.0. The highest BCUT2D eigenvalue weighted by atomic mass is 27.2. The van der Waals surface area contributed by atoms with E-state index < -0.39 is 14.5 Å². The molecule has 0 spiro atoms. The molecule has 0 aromatic carbocycles. The van der Waals surface area contributed by atoms with Crippen LogP contribution in [-0.4, -0.2) is 43.8 Å². The van der Waals surface area contributed by atoms with E-state index in [0.29, 0.717) is 0 Å². The molecule has 1 heterocycles. The van der Waals surface area contributed by atoms with E-state index in [-0.39, 0.29) is 17.7 Å². The van der Waals surface area contributed by atoms with Crippen LogP contribution in [0, 0.1) is 11.3 Å². The molecule has 1 rings (SSSR count). The molecule has 5 heteroatoms. The molecule has 0 aliphatic carbocycles. The van der Waals surface area contributed by atoms with Crippen LogP contribution in [0.3, 0.4) is 0 Å². The van der Waals surface area contributed by atoms with Gasteiger partial charge in [0.2, 0.25) is 0 Å². The summed E-state index contributed by atoms with van der Waals surface area (Å²) in [5.41, 5.74) is -0.206. The zero-order chi connectivity index (χ0) is 13.8. The van der Waals surface area contributed by atoms with Crippen molar-refractivity contribution < 1.29 is 8.63 Å². The van der Waals surface area contributed by atoms with Gasteiger partial charge in [0.05, 0.1) is 17.8 Å². The van der Waals surface area contributed by atoms with E-state index in [0.717, 1.165) is 23.5 Å². The smallest absolute Gasteiger partial charge is 0.422 e. The Morgan fingerprint density at radius 2 is 1.94 bits per heavy atom. The van der Waals surface area contributed by atoms with E-state index in [1.54, 1.807) is 0 Å². The normalized spacial score (nSPS) is 25.1. The van der Waals surface area contributed by atoms with Gasteiger partial charge in [0.25, 0.3) is 0 Å². The quantitative estimate of drug-likeness (QED) is 0.719. The van der Waals surface area contributed by atoms with Crippen LogP contribution in [0.25, 0.3) is 0 Å². The predicted molar refractivity (Wildman–Crippen MR) is 73.2 cm³/mol. The number of hydrogen-bond donors (Lipinski definition) is 0. The van der Waals surface area contributed by atoms with Crippen molar-refractivity contribution in [1.29, 1.82) is 5.26 Å². The van der Waals surface area contributed by atoms with E-state index in [2.05, 4.69) is 19.9 Å². The van der Waals surface area contributed by atoms with Crippen molar-refractivity contribution in [1.82, 2.24) is 5.06 Å². The average Bonchev–Trinajstić information content (AvgIpc) is 2.65. The maximum absolute atomic E-state index is 9.33. The summed E-state index contributed by atoms with van der Waals surface area (Å²) in [4.78, 5) is 0. The minimum absolute atomic E-state index is 0.0293. The summed E-state index contributed by atoms with van der Waals surface area (Å²) < 4.78 is 12.0. The SMILES string of the molecule is C[CH2][Al]([CH2]C)[O]N1CC[C@H](OC(C)(C)C)[C@H]1C#N. The predicted octanol–water partition coefficient (Wildman–Crippen LogP) is 2.73. The minimum atomic E-state index is -1.16. The second-order valence-corrected chi connectivity index (χ2v) is 8.90. The topological polar surface area (TPSA) is 45.5 Å². The number of hydrogen-bond acceptors (Lipinski definition) is 4. The fourth-order valence-electron chi connectivity index (χ4n) is 2.21. The second-order valence-electron chi connectivity index (χ2n) is 5.82. The van der Waals surface area contributed by atoms with Crippen LogP contribution in [0.15, 0.2) is 0 Å². The lowest BCUT2D eigenvalue weighted by Gasteiger charge is -2.29. The zero-order valence-corrected chi connectivity index (χ0v) is 13.4. The lowest BCUT2D eigenvalue weighted by atomic mass is 10.1. The first-order valence-corrected chi connectivity index (χ1v) is 9.02. The van der Waals surface area contributed by atoms with Crippen molar-refractivity contribution >= 4 is 14.5 Å². The van der Waals surface area contributed by atoms with Crippen molar-refractivity contribution in [2.45, 2.75) is 69.4 Å². The van der Waals surface area contributed by atoms with Gasteiger partial charge in [0, 0.05) is 6.54 Å². The Labute approximate surface area is 116 Å². The summed E-state index contributed by atoms with van der Waals surface area (Å²) in [6.07, 6.45) is 0.850. The maximum atomic E-state index is 9.33. The Morgan fingerprint density at radius 1 is 1.33 bits per heavy atom.